The Labute approximate surface area is 192 Å². The third-order valence-electron chi connectivity index (χ3n) is 5.58. The van der Waals surface area contributed by atoms with Gasteiger partial charge in [0, 0.05) is 22.5 Å². The minimum Gasteiger partial charge on any atom is -0.363 e. The first-order valence-electron chi connectivity index (χ1n) is 10.3. The number of rotatable bonds is 4. The van der Waals surface area contributed by atoms with E-state index in [0.29, 0.717) is 17.2 Å². The Balaban J connectivity index is 1.77. The maximum absolute atomic E-state index is 13.4. The van der Waals surface area contributed by atoms with E-state index in [4.69, 9.17) is 0 Å². The number of alkyl halides is 3. The van der Waals surface area contributed by atoms with Crippen molar-refractivity contribution in [3.05, 3.63) is 56.8 Å². The molecule has 0 saturated carbocycles. The number of benzene rings is 2. The highest BCUT2D eigenvalue weighted by Crippen LogP contribution is 2.38. The van der Waals surface area contributed by atoms with E-state index >= 15 is 0 Å². The van der Waals surface area contributed by atoms with Crippen molar-refractivity contribution in [1.29, 1.82) is 0 Å². The van der Waals surface area contributed by atoms with Crippen molar-refractivity contribution in [3.63, 3.8) is 0 Å². The van der Waals surface area contributed by atoms with E-state index in [1.165, 1.54) is 24.1 Å². The summed E-state index contributed by atoms with van der Waals surface area (Å²) in [7, 11) is 0. The molecule has 2 aromatic carbocycles. The van der Waals surface area contributed by atoms with Crippen molar-refractivity contribution in [2.45, 2.75) is 52.3 Å². The number of fused-ring (bicyclic) bond motifs is 3. The number of amides is 1. The monoisotopic (exact) mass is 506 g/mol. The molecule has 1 aliphatic rings. The fourth-order valence-corrected chi connectivity index (χ4v) is 4.84. The third-order valence-corrected chi connectivity index (χ3v) is 6.28. The Hall–Kier alpha value is -2.68. The summed E-state index contributed by atoms with van der Waals surface area (Å²) in [4.78, 5) is 20.6. The number of carbonyl (C=O) groups is 1. The molecular weight excluding hydrogens is 485 g/mol. The second-order valence-electron chi connectivity index (χ2n) is 8.07. The first kappa shape index (κ1) is 22.5. The van der Waals surface area contributed by atoms with Crippen LogP contribution in [0.25, 0.3) is 10.9 Å². The number of anilines is 2. The minimum absolute atomic E-state index is 0.0975. The van der Waals surface area contributed by atoms with Crippen molar-refractivity contribution in [2.75, 3.05) is 10.6 Å². The predicted octanol–water partition coefficient (Wildman–Crippen LogP) is 6.34. The second-order valence-corrected chi connectivity index (χ2v) is 8.93. The van der Waals surface area contributed by atoms with Crippen LogP contribution in [-0.2, 0) is 23.8 Å². The molecule has 1 aliphatic carbocycles. The highest BCUT2D eigenvalue weighted by atomic mass is 79.9. The van der Waals surface area contributed by atoms with Crippen LogP contribution in [-0.4, -0.2) is 15.9 Å². The molecule has 0 radical (unpaired) electrons. The largest absolute Gasteiger partial charge is 0.416 e. The van der Waals surface area contributed by atoms with Crippen LogP contribution in [0.3, 0.4) is 0 Å². The molecule has 0 aliphatic heterocycles. The van der Waals surface area contributed by atoms with E-state index in [-0.39, 0.29) is 5.69 Å². The molecule has 9 heteroatoms. The average Bonchev–Trinajstić information content (AvgIpc) is 3.18. The van der Waals surface area contributed by atoms with Gasteiger partial charge < -0.3 is 10.6 Å². The fourth-order valence-electron chi connectivity index (χ4n) is 4.17. The zero-order valence-electron chi connectivity index (χ0n) is 17.8. The van der Waals surface area contributed by atoms with Gasteiger partial charge in [0.15, 0.2) is 0 Å². The second kappa shape index (κ2) is 8.35. The topological polar surface area (TPSA) is 66.9 Å². The van der Waals surface area contributed by atoms with Crippen LogP contribution in [0, 0.1) is 6.92 Å². The molecule has 1 heterocycles. The quantitative estimate of drug-likeness (QED) is 0.433. The smallest absolute Gasteiger partial charge is 0.363 e. The molecule has 0 bridgehead atoms. The van der Waals surface area contributed by atoms with Crippen LogP contribution in [0.15, 0.2) is 28.7 Å². The molecule has 0 saturated heterocycles. The van der Waals surface area contributed by atoms with Gasteiger partial charge in [-0.2, -0.15) is 13.2 Å². The van der Waals surface area contributed by atoms with Gasteiger partial charge >= 0.3 is 6.18 Å². The number of hydrogen-bond donors (Lipinski definition) is 2. The van der Waals surface area contributed by atoms with E-state index in [9.17, 15) is 18.0 Å². The maximum atomic E-state index is 13.4. The number of carbonyl (C=O) groups excluding carboxylic acids is 1. The Morgan fingerprint density at radius 3 is 2.53 bits per heavy atom. The Bertz CT molecular complexity index is 1230. The van der Waals surface area contributed by atoms with Crippen LogP contribution in [0.2, 0.25) is 0 Å². The van der Waals surface area contributed by atoms with Crippen LogP contribution in [0.5, 0.6) is 0 Å². The molecule has 4 rings (SSSR count). The van der Waals surface area contributed by atoms with Gasteiger partial charge in [0.05, 0.1) is 17.1 Å². The number of nitrogens with one attached hydrogen (secondary N) is 2. The zero-order valence-corrected chi connectivity index (χ0v) is 19.4. The number of aryl methyl sites for hydroxylation is 2. The van der Waals surface area contributed by atoms with Crippen LogP contribution < -0.4 is 10.6 Å². The number of nitrogens with zero attached hydrogens (tertiary/aromatic N) is 2. The van der Waals surface area contributed by atoms with Gasteiger partial charge in [-0.15, -0.1) is 0 Å². The average molecular weight is 507 g/mol. The van der Waals surface area contributed by atoms with E-state index in [0.717, 1.165) is 46.8 Å². The maximum Gasteiger partial charge on any atom is 0.416 e. The summed E-state index contributed by atoms with van der Waals surface area (Å²) in [5.41, 5.74) is 2.99. The van der Waals surface area contributed by atoms with E-state index in [1.54, 1.807) is 13.8 Å². The van der Waals surface area contributed by atoms with Crippen LogP contribution >= 0.6 is 15.9 Å². The summed E-state index contributed by atoms with van der Waals surface area (Å²) in [6.07, 6.45) is -1.55. The molecule has 1 atom stereocenters. The normalized spacial score (nSPS) is 14.3. The summed E-state index contributed by atoms with van der Waals surface area (Å²) in [5.74, 6) is 0.715. The first-order chi connectivity index (χ1) is 15.0. The van der Waals surface area contributed by atoms with Gasteiger partial charge in [0.25, 0.3) is 0 Å². The molecule has 2 N–H and O–H groups in total. The van der Waals surface area contributed by atoms with Gasteiger partial charge in [-0.25, -0.2) is 9.97 Å². The lowest BCUT2D eigenvalue weighted by molar-refractivity contribution is -0.137. The van der Waals surface area contributed by atoms with E-state index in [1.807, 2.05) is 6.07 Å². The van der Waals surface area contributed by atoms with Crippen molar-refractivity contribution >= 4 is 44.2 Å². The van der Waals surface area contributed by atoms with Crippen LogP contribution in [0.1, 0.15) is 54.4 Å². The van der Waals surface area contributed by atoms with Gasteiger partial charge in [0.2, 0.25) is 5.91 Å². The lowest BCUT2D eigenvalue weighted by atomic mass is 10.0. The minimum atomic E-state index is -4.54. The lowest BCUT2D eigenvalue weighted by Gasteiger charge is -2.20. The van der Waals surface area contributed by atoms with Crippen molar-refractivity contribution in [1.82, 2.24) is 9.97 Å². The summed E-state index contributed by atoms with van der Waals surface area (Å²) in [6.45, 7) is 4.82. The first-order valence-corrected chi connectivity index (χ1v) is 11.1. The summed E-state index contributed by atoms with van der Waals surface area (Å²) in [6, 6.07) is 5.03. The lowest BCUT2D eigenvalue weighted by Crippen LogP contribution is -2.14. The van der Waals surface area contributed by atoms with Gasteiger partial charge in [-0.3, -0.25) is 4.79 Å². The Morgan fingerprint density at radius 1 is 1.12 bits per heavy atom. The van der Waals surface area contributed by atoms with Crippen molar-refractivity contribution < 1.29 is 18.0 Å². The summed E-state index contributed by atoms with van der Waals surface area (Å²) < 4.78 is 41.3. The van der Waals surface area contributed by atoms with Gasteiger partial charge in [-0.05, 0) is 74.1 Å². The summed E-state index contributed by atoms with van der Waals surface area (Å²) >= 11 is 3.65. The SMILES string of the molecule is CC(=O)Nc1cc([C@@H](C)Nc2nc(C)nc3c4c(c(Br)cc23)CCC4)cc(C(F)(F)F)c1. The Morgan fingerprint density at radius 2 is 1.84 bits per heavy atom. The number of aromatic nitrogens is 2. The number of hydrogen-bond acceptors (Lipinski definition) is 4. The highest BCUT2D eigenvalue weighted by Gasteiger charge is 2.32. The predicted molar refractivity (Wildman–Crippen MR) is 122 cm³/mol. The molecule has 0 fully saturated rings. The summed E-state index contributed by atoms with van der Waals surface area (Å²) in [5, 5.41) is 6.54. The third kappa shape index (κ3) is 4.44. The zero-order chi connectivity index (χ0) is 23.2. The van der Waals surface area contributed by atoms with E-state index in [2.05, 4.69) is 36.5 Å². The van der Waals surface area contributed by atoms with Gasteiger partial charge in [-0.1, -0.05) is 15.9 Å². The molecule has 0 unspecified atom stereocenters. The van der Waals surface area contributed by atoms with Crippen molar-refractivity contribution in [3.8, 4) is 0 Å². The Kier molecular flexibility index (Phi) is 5.87. The van der Waals surface area contributed by atoms with Crippen LogP contribution in [0.4, 0.5) is 24.7 Å². The molecular formula is C23H22BrF3N4O. The molecule has 168 valence electrons. The highest BCUT2D eigenvalue weighted by molar-refractivity contribution is 9.10. The molecule has 3 aromatic rings. The number of halogens is 4. The molecule has 5 nitrogen and oxygen atoms in total. The fraction of sp³-hybridized carbons (Fsp3) is 0.348. The van der Waals surface area contributed by atoms with E-state index < -0.39 is 23.7 Å². The molecule has 1 amide bonds. The van der Waals surface area contributed by atoms with Gasteiger partial charge in [0.1, 0.15) is 11.6 Å². The van der Waals surface area contributed by atoms with Crippen molar-refractivity contribution in [2.24, 2.45) is 0 Å². The molecule has 32 heavy (non-hydrogen) atoms. The standard InChI is InChI=1S/C23H22BrF3N4O/c1-11(14-7-15(23(25,26)27)9-16(8-14)31-13(3)32)28-22-19-10-20(24)17-5-4-6-18(17)21(19)29-12(2)30-22/h7-11H,4-6H2,1-3H3,(H,31,32)(H,28,29,30)/t11-/m1/s1. The molecule has 0 spiro atoms. The molecule has 1 aromatic heterocycles.